The molecule has 1 aromatic heterocycles. The minimum absolute atomic E-state index is 0.214. The van der Waals surface area contributed by atoms with Crippen molar-refractivity contribution in [1.29, 1.82) is 0 Å². The zero-order valence-electron chi connectivity index (χ0n) is 9.90. The summed E-state index contributed by atoms with van der Waals surface area (Å²) in [5.41, 5.74) is 5.74. The van der Waals surface area contributed by atoms with Crippen LogP contribution < -0.4 is 10.5 Å². The topological polar surface area (TPSA) is 72.2 Å². The van der Waals surface area contributed by atoms with E-state index >= 15 is 0 Å². The number of hydrogen-bond donors (Lipinski definition) is 2. The van der Waals surface area contributed by atoms with E-state index in [1.807, 2.05) is 0 Å². The summed E-state index contributed by atoms with van der Waals surface area (Å²) in [7, 11) is -3.38. The first-order valence-electron chi connectivity index (χ1n) is 5.79. The Morgan fingerprint density at radius 2 is 2.24 bits per heavy atom. The maximum atomic E-state index is 12.1. The number of nitrogens with two attached hydrogens (primary N) is 1. The molecular weight excluding hydrogens is 256 g/mol. The fourth-order valence-corrected chi connectivity index (χ4v) is 4.37. The van der Waals surface area contributed by atoms with Crippen LogP contribution in [0.1, 0.15) is 31.1 Å². The van der Waals surface area contributed by atoms with Crippen LogP contribution in [-0.2, 0) is 16.6 Å². The van der Waals surface area contributed by atoms with E-state index < -0.39 is 10.0 Å². The lowest BCUT2D eigenvalue weighted by atomic mass is 10.1. The molecule has 0 amide bonds. The van der Waals surface area contributed by atoms with E-state index in [4.69, 9.17) is 5.73 Å². The Bertz CT molecular complexity index is 489. The average Bonchev–Trinajstić information content (AvgIpc) is 2.93. The molecule has 1 fully saturated rings. The fourth-order valence-electron chi connectivity index (χ4n) is 1.88. The quantitative estimate of drug-likeness (QED) is 0.829. The van der Waals surface area contributed by atoms with E-state index in [0.29, 0.717) is 11.4 Å². The van der Waals surface area contributed by atoms with E-state index in [2.05, 4.69) is 11.6 Å². The van der Waals surface area contributed by atoms with Gasteiger partial charge in [-0.1, -0.05) is 6.92 Å². The van der Waals surface area contributed by atoms with Crippen LogP contribution in [-0.4, -0.2) is 15.0 Å². The largest absolute Gasteiger partial charge is 0.326 e. The molecular formula is C11H18N2O2S2. The molecule has 0 radical (unpaired) electrons. The zero-order valence-corrected chi connectivity index (χ0v) is 11.5. The first-order chi connectivity index (χ1) is 8.03. The van der Waals surface area contributed by atoms with Crippen LogP contribution in [0.2, 0.25) is 0 Å². The van der Waals surface area contributed by atoms with Crippen molar-refractivity contribution in [2.24, 2.45) is 11.1 Å². The van der Waals surface area contributed by atoms with Gasteiger partial charge in [-0.2, -0.15) is 0 Å². The van der Waals surface area contributed by atoms with Crippen molar-refractivity contribution in [2.45, 2.75) is 37.6 Å². The van der Waals surface area contributed by atoms with E-state index in [1.165, 1.54) is 11.3 Å². The molecule has 6 heteroatoms. The summed E-state index contributed by atoms with van der Waals surface area (Å²) in [6.07, 6.45) is 3.28. The van der Waals surface area contributed by atoms with Gasteiger partial charge < -0.3 is 5.73 Å². The summed E-state index contributed by atoms with van der Waals surface area (Å²) in [6.45, 7) is 2.93. The van der Waals surface area contributed by atoms with Crippen molar-refractivity contribution in [3.8, 4) is 0 Å². The van der Waals surface area contributed by atoms with Crippen LogP contribution in [0.25, 0.3) is 0 Å². The Kier molecular flexibility index (Phi) is 3.58. The van der Waals surface area contributed by atoms with Crippen molar-refractivity contribution in [3.05, 3.63) is 16.3 Å². The smallest absolute Gasteiger partial charge is 0.241 e. The van der Waals surface area contributed by atoms with Gasteiger partial charge in [-0.05, 0) is 36.1 Å². The SMILES string of the molecule is CCC1(CNS(=O)(=O)c2ccsc2CN)CC1. The van der Waals surface area contributed by atoms with Gasteiger partial charge in [-0.15, -0.1) is 11.3 Å². The summed E-state index contributed by atoms with van der Waals surface area (Å²) < 4.78 is 26.9. The second kappa shape index (κ2) is 4.68. The van der Waals surface area contributed by atoms with Gasteiger partial charge in [0.25, 0.3) is 0 Å². The Balaban J connectivity index is 2.09. The van der Waals surface area contributed by atoms with Crippen LogP contribution in [0.4, 0.5) is 0 Å². The molecule has 0 aliphatic heterocycles. The predicted molar refractivity (Wildman–Crippen MR) is 69.4 cm³/mol. The highest BCUT2D eigenvalue weighted by molar-refractivity contribution is 7.89. The third-order valence-corrected chi connectivity index (χ3v) is 6.08. The first kappa shape index (κ1) is 13.0. The summed E-state index contributed by atoms with van der Waals surface area (Å²) in [5, 5.41) is 1.77. The Labute approximate surface area is 106 Å². The van der Waals surface area contributed by atoms with Crippen molar-refractivity contribution < 1.29 is 8.42 Å². The molecule has 0 atom stereocenters. The molecule has 3 N–H and O–H groups in total. The van der Waals surface area contributed by atoms with Crippen molar-refractivity contribution in [1.82, 2.24) is 4.72 Å². The van der Waals surface area contributed by atoms with Crippen molar-refractivity contribution >= 4 is 21.4 Å². The third kappa shape index (κ3) is 2.70. The molecule has 1 aliphatic rings. The molecule has 4 nitrogen and oxygen atoms in total. The lowest BCUT2D eigenvalue weighted by molar-refractivity contribution is 0.475. The normalized spacial score (nSPS) is 18.2. The highest BCUT2D eigenvalue weighted by atomic mass is 32.2. The van der Waals surface area contributed by atoms with E-state index in [0.717, 1.165) is 24.1 Å². The molecule has 0 unspecified atom stereocenters. The standard InChI is InChI=1S/C11H18N2O2S2/c1-2-11(4-5-11)8-13-17(14,15)10-3-6-16-9(10)7-12/h3,6,13H,2,4-5,7-8,12H2,1H3. The zero-order chi connectivity index (χ0) is 12.5. The molecule has 1 aromatic rings. The highest BCUT2D eigenvalue weighted by Crippen LogP contribution is 2.48. The monoisotopic (exact) mass is 274 g/mol. The van der Waals surface area contributed by atoms with Crippen molar-refractivity contribution in [3.63, 3.8) is 0 Å². The molecule has 0 bridgehead atoms. The van der Waals surface area contributed by atoms with Gasteiger partial charge in [0.15, 0.2) is 0 Å². The van der Waals surface area contributed by atoms with Crippen LogP contribution in [0.5, 0.6) is 0 Å². The van der Waals surface area contributed by atoms with Crippen LogP contribution in [0.3, 0.4) is 0 Å². The Hall–Kier alpha value is -0.430. The van der Waals surface area contributed by atoms with E-state index in [-0.39, 0.29) is 12.0 Å². The van der Waals surface area contributed by atoms with E-state index in [1.54, 1.807) is 11.4 Å². The number of nitrogens with one attached hydrogen (secondary N) is 1. The number of rotatable bonds is 6. The molecule has 0 aromatic carbocycles. The molecule has 0 saturated heterocycles. The Morgan fingerprint density at radius 1 is 1.53 bits per heavy atom. The van der Waals surface area contributed by atoms with Crippen molar-refractivity contribution in [2.75, 3.05) is 6.54 Å². The van der Waals surface area contributed by atoms with Crippen LogP contribution in [0, 0.1) is 5.41 Å². The summed E-state index contributed by atoms with van der Waals surface area (Å²) in [4.78, 5) is 1.07. The molecule has 1 aliphatic carbocycles. The maximum absolute atomic E-state index is 12.1. The minimum Gasteiger partial charge on any atom is -0.326 e. The van der Waals surface area contributed by atoms with Gasteiger partial charge in [-0.25, -0.2) is 13.1 Å². The first-order valence-corrected chi connectivity index (χ1v) is 8.15. The minimum atomic E-state index is -3.38. The van der Waals surface area contributed by atoms with Gasteiger partial charge >= 0.3 is 0 Å². The van der Waals surface area contributed by atoms with Gasteiger partial charge in [0.2, 0.25) is 10.0 Å². The number of sulfonamides is 1. The second-order valence-corrected chi connectivity index (χ2v) is 7.33. The lowest BCUT2D eigenvalue weighted by Gasteiger charge is -2.13. The van der Waals surface area contributed by atoms with Gasteiger partial charge in [0.05, 0.1) is 4.90 Å². The summed E-state index contributed by atoms with van der Waals surface area (Å²) in [6, 6.07) is 1.63. The van der Waals surface area contributed by atoms with Gasteiger partial charge in [-0.3, -0.25) is 0 Å². The highest BCUT2D eigenvalue weighted by Gasteiger charge is 2.41. The van der Waals surface area contributed by atoms with Gasteiger partial charge in [0, 0.05) is 18.0 Å². The van der Waals surface area contributed by atoms with E-state index in [9.17, 15) is 8.42 Å². The summed E-state index contributed by atoms with van der Waals surface area (Å²) in [5.74, 6) is 0. The molecule has 96 valence electrons. The fraction of sp³-hybridized carbons (Fsp3) is 0.636. The van der Waals surface area contributed by atoms with Crippen LogP contribution >= 0.6 is 11.3 Å². The lowest BCUT2D eigenvalue weighted by Crippen LogP contribution is -2.30. The third-order valence-electron chi connectivity index (χ3n) is 3.52. The van der Waals surface area contributed by atoms with Crippen LogP contribution in [0.15, 0.2) is 16.3 Å². The molecule has 1 saturated carbocycles. The number of hydrogen-bond acceptors (Lipinski definition) is 4. The predicted octanol–water partition coefficient (Wildman–Crippen LogP) is 1.68. The summed E-state index contributed by atoms with van der Waals surface area (Å²) >= 11 is 1.39. The molecule has 17 heavy (non-hydrogen) atoms. The van der Waals surface area contributed by atoms with Gasteiger partial charge in [0.1, 0.15) is 0 Å². The Morgan fingerprint density at radius 3 is 2.76 bits per heavy atom. The number of thiophene rings is 1. The maximum Gasteiger partial charge on any atom is 0.241 e. The second-order valence-electron chi connectivity index (χ2n) is 4.59. The molecule has 0 spiro atoms. The molecule has 2 rings (SSSR count). The average molecular weight is 274 g/mol. The molecule has 1 heterocycles.